The SMILES string of the molecule is CCC1NC(=O)CC12CCN(C1CC3(CCN(C(=O)OC)C3)C1)CC2.CCOC(=O)N1CCC2(CC(N3CCC4(CC3)CC(=O)NC4C)C2)C1. The van der Waals surface area contributed by atoms with Crippen molar-refractivity contribution in [3.8, 4) is 0 Å². The highest BCUT2D eigenvalue weighted by Gasteiger charge is 2.55. The second-order valence-electron chi connectivity index (χ2n) is 17.6. The highest BCUT2D eigenvalue weighted by Crippen LogP contribution is 2.53. The molecular formula is C38H62N6O6. The first-order valence-corrected chi connectivity index (χ1v) is 19.8. The van der Waals surface area contributed by atoms with E-state index in [0.717, 1.165) is 104 Å². The average molecular weight is 699 g/mol. The van der Waals surface area contributed by atoms with Crippen molar-refractivity contribution in [3.05, 3.63) is 0 Å². The number of carbonyl (C=O) groups is 4. The molecule has 6 heterocycles. The van der Waals surface area contributed by atoms with Gasteiger partial charge in [-0.3, -0.25) is 9.59 Å². The molecule has 8 aliphatic rings. The molecule has 6 aliphatic heterocycles. The lowest BCUT2D eigenvalue weighted by atomic mass is 9.63. The van der Waals surface area contributed by atoms with E-state index in [1.54, 1.807) is 0 Å². The maximum atomic E-state index is 11.9. The molecule has 12 nitrogen and oxygen atoms in total. The minimum atomic E-state index is -0.177. The molecule has 2 unspecified atom stereocenters. The van der Waals surface area contributed by atoms with Crippen molar-refractivity contribution in [2.24, 2.45) is 21.7 Å². The fourth-order valence-electron chi connectivity index (χ4n) is 11.7. The van der Waals surface area contributed by atoms with Gasteiger partial charge in [-0.25, -0.2) is 9.59 Å². The van der Waals surface area contributed by atoms with Crippen LogP contribution >= 0.6 is 0 Å². The first-order chi connectivity index (χ1) is 23.9. The summed E-state index contributed by atoms with van der Waals surface area (Å²) in [5.41, 5.74) is 1.08. The topological polar surface area (TPSA) is 124 Å². The quantitative estimate of drug-likeness (QED) is 0.453. The van der Waals surface area contributed by atoms with E-state index in [1.807, 2.05) is 16.7 Å². The summed E-state index contributed by atoms with van der Waals surface area (Å²) in [5, 5.41) is 6.30. The van der Waals surface area contributed by atoms with Crippen LogP contribution in [0.1, 0.15) is 104 Å². The van der Waals surface area contributed by atoms with Gasteiger partial charge in [0.2, 0.25) is 11.8 Å². The lowest BCUT2D eigenvalue weighted by Crippen LogP contribution is -2.56. The van der Waals surface area contributed by atoms with Crippen LogP contribution in [0, 0.1) is 21.7 Å². The Labute approximate surface area is 298 Å². The molecule has 2 N–H and O–H groups in total. The molecule has 0 bridgehead atoms. The molecule has 0 aromatic heterocycles. The van der Waals surface area contributed by atoms with Crippen LogP contribution in [0.15, 0.2) is 0 Å². The fourth-order valence-corrected chi connectivity index (χ4v) is 11.7. The number of piperidine rings is 2. The van der Waals surface area contributed by atoms with E-state index in [-0.39, 0.29) is 34.8 Å². The molecule has 2 aliphatic carbocycles. The van der Waals surface area contributed by atoms with Crippen molar-refractivity contribution in [1.82, 2.24) is 30.2 Å². The zero-order valence-electron chi connectivity index (χ0n) is 31.1. The molecule has 2 saturated carbocycles. The zero-order chi connectivity index (χ0) is 35.3. The van der Waals surface area contributed by atoms with Crippen LogP contribution < -0.4 is 10.6 Å². The van der Waals surface area contributed by atoms with Crippen LogP contribution in [-0.4, -0.2) is 134 Å². The third kappa shape index (κ3) is 6.61. The smallest absolute Gasteiger partial charge is 0.409 e. The van der Waals surface area contributed by atoms with Crippen LogP contribution in [0.5, 0.6) is 0 Å². The molecule has 12 heteroatoms. The van der Waals surface area contributed by atoms with E-state index in [9.17, 15) is 19.2 Å². The lowest BCUT2D eigenvalue weighted by molar-refractivity contribution is -0.121. The number of likely N-dealkylation sites (tertiary alicyclic amines) is 4. The first kappa shape index (κ1) is 35.8. The van der Waals surface area contributed by atoms with Gasteiger partial charge >= 0.3 is 12.2 Å². The van der Waals surface area contributed by atoms with E-state index < -0.39 is 0 Å². The summed E-state index contributed by atoms with van der Waals surface area (Å²) < 4.78 is 10.0. The van der Waals surface area contributed by atoms with Gasteiger partial charge in [-0.15, -0.1) is 0 Å². The van der Waals surface area contributed by atoms with Gasteiger partial charge in [0, 0.05) is 74.0 Å². The highest BCUT2D eigenvalue weighted by molar-refractivity contribution is 5.80. The minimum absolute atomic E-state index is 0.143. The number of hydrogen-bond donors (Lipinski definition) is 2. The normalized spacial score (nSPS) is 37.4. The number of hydrogen-bond acceptors (Lipinski definition) is 8. The number of methoxy groups -OCH3 is 1. The van der Waals surface area contributed by atoms with Crippen LogP contribution in [0.3, 0.4) is 0 Å². The van der Waals surface area contributed by atoms with Crippen LogP contribution in [-0.2, 0) is 19.1 Å². The van der Waals surface area contributed by atoms with Gasteiger partial charge in [-0.2, -0.15) is 0 Å². The maximum Gasteiger partial charge on any atom is 0.409 e. The summed E-state index contributed by atoms with van der Waals surface area (Å²) in [4.78, 5) is 56.3. The Kier molecular flexibility index (Phi) is 9.84. The Morgan fingerprint density at radius 3 is 1.64 bits per heavy atom. The Balaban J connectivity index is 0.000000157. The van der Waals surface area contributed by atoms with Crippen molar-refractivity contribution in [2.45, 2.75) is 128 Å². The second kappa shape index (κ2) is 13.7. The van der Waals surface area contributed by atoms with Gasteiger partial charge in [0.15, 0.2) is 0 Å². The fraction of sp³-hybridized carbons (Fsp3) is 0.895. The van der Waals surface area contributed by atoms with Crippen LogP contribution in [0.25, 0.3) is 0 Å². The van der Waals surface area contributed by atoms with Crippen molar-refractivity contribution < 1.29 is 28.7 Å². The Bertz CT molecular complexity index is 1300. The molecule has 6 saturated heterocycles. The third-order valence-electron chi connectivity index (χ3n) is 14.9. The standard InChI is InChI=1S/2C19H31N3O3/c1-3-15-19(12-16(23)20-15)5-8-21(9-6-19)14-10-18(11-14)4-7-22(13-18)17(24)25-2;1-3-25-17(24)22-7-4-18(13-22)10-15(11-18)21-8-5-19(6-9-21)12-16(23)20-14(19)2/h2*14-15H,3-13H2,1-2H3,(H,20,23). The number of nitrogens with one attached hydrogen (secondary N) is 2. The number of ether oxygens (including phenoxy) is 2. The molecule has 0 aromatic carbocycles. The molecule has 4 spiro atoms. The summed E-state index contributed by atoms with van der Waals surface area (Å²) >= 11 is 0. The zero-order valence-corrected chi connectivity index (χ0v) is 31.1. The summed E-state index contributed by atoms with van der Waals surface area (Å²) in [6, 6.07) is 2.03. The highest BCUT2D eigenvalue weighted by atomic mass is 16.6. The molecule has 50 heavy (non-hydrogen) atoms. The van der Waals surface area contributed by atoms with Crippen molar-refractivity contribution in [2.75, 3.05) is 66.1 Å². The van der Waals surface area contributed by atoms with Crippen molar-refractivity contribution >= 4 is 24.0 Å². The third-order valence-corrected chi connectivity index (χ3v) is 14.9. The molecule has 8 rings (SSSR count). The van der Waals surface area contributed by atoms with Gasteiger partial charge in [-0.05, 0) is 121 Å². The van der Waals surface area contributed by atoms with Gasteiger partial charge in [0.1, 0.15) is 0 Å². The molecule has 0 radical (unpaired) electrons. The van der Waals surface area contributed by atoms with Gasteiger partial charge < -0.3 is 39.7 Å². The first-order valence-electron chi connectivity index (χ1n) is 19.8. The van der Waals surface area contributed by atoms with E-state index in [0.29, 0.717) is 48.0 Å². The number of carbonyl (C=O) groups excluding carboxylic acids is 4. The van der Waals surface area contributed by atoms with E-state index in [1.165, 1.54) is 32.8 Å². The Morgan fingerprint density at radius 2 is 1.18 bits per heavy atom. The number of amides is 4. The van der Waals surface area contributed by atoms with Gasteiger partial charge in [0.05, 0.1) is 13.7 Å². The number of rotatable bonds is 4. The largest absolute Gasteiger partial charge is 0.453 e. The Hall–Kier alpha value is -2.60. The predicted octanol–water partition coefficient (Wildman–Crippen LogP) is 3.98. The van der Waals surface area contributed by atoms with Crippen LogP contribution in [0.2, 0.25) is 0 Å². The minimum Gasteiger partial charge on any atom is -0.453 e. The van der Waals surface area contributed by atoms with Gasteiger partial charge in [-0.1, -0.05) is 6.92 Å². The average Bonchev–Trinajstić information content (AvgIpc) is 3.85. The Morgan fingerprint density at radius 1 is 0.700 bits per heavy atom. The van der Waals surface area contributed by atoms with Crippen LogP contribution in [0.4, 0.5) is 9.59 Å². The molecule has 8 fully saturated rings. The maximum absolute atomic E-state index is 11.9. The van der Waals surface area contributed by atoms with Gasteiger partial charge in [0.25, 0.3) is 0 Å². The summed E-state index contributed by atoms with van der Waals surface area (Å²) in [6.07, 6.45) is 13.8. The summed E-state index contributed by atoms with van der Waals surface area (Å²) in [7, 11) is 1.46. The second-order valence-corrected chi connectivity index (χ2v) is 17.6. The molecule has 280 valence electrons. The molecule has 4 amide bonds. The van der Waals surface area contributed by atoms with Crippen molar-refractivity contribution in [1.29, 1.82) is 0 Å². The van der Waals surface area contributed by atoms with E-state index >= 15 is 0 Å². The predicted molar refractivity (Wildman–Crippen MR) is 188 cm³/mol. The molecule has 2 atom stereocenters. The molecular weight excluding hydrogens is 636 g/mol. The van der Waals surface area contributed by atoms with E-state index in [2.05, 4.69) is 34.3 Å². The molecule has 0 aromatic rings. The number of nitrogens with zero attached hydrogens (tertiary/aromatic N) is 4. The van der Waals surface area contributed by atoms with E-state index in [4.69, 9.17) is 9.47 Å². The summed E-state index contributed by atoms with van der Waals surface area (Å²) in [6.45, 7) is 14.6. The lowest BCUT2D eigenvalue weighted by Gasteiger charge is -2.53. The summed E-state index contributed by atoms with van der Waals surface area (Å²) in [5.74, 6) is 0.477. The monoisotopic (exact) mass is 698 g/mol. The van der Waals surface area contributed by atoms with Crippen molar-refractivity contribution in [3.63, 3.8) is 0 Å².